The minimum absolute atomic E-state index is 0.0770. The molecular formula is C26H36N4O3S. The van der Waals surface area contributed by atoms with Crippen LogP contribution in [0.15, 0.2) is 47.4 Å². The highest BCUT2D eigenvalue weighted by atomic mass is 32.2. The van der Waals surface area contributed by atoms with E-state index in [0.29, 0.717) is 18.8 Å². The number of piperazine rings is 1. The maximum absolute atomic E-state index is 12.9. The average Bonchev–Trinajstić information content (AvgIpc) is 2.86. The van der Waals surface area contributed by atoms with Crippen LogP contribution in [0, 0.1) is 13.8 Å². The van der Waals surface area contributed by atoms with E-state index in [1.165, 1.54) is 16.8 Å². The Balaban J connectivity index is 1.33. The monoisotopic (exact) mass is 484 g/mol. The molecule has 2 aliphatic heterocycles. The molecule has 2 aromatic rings. The second-order valence-electron chi connectivity index (χ2n) is 9.40. The molecule has 1 amide bonds. The summed E-state index contributed by atoms with van der Waals surface area (Å²) in [5, 5.41) is 2.95. The maximum atomic E-state index is 12.9. The van der Waals surface area contributed by atoms with Gasteiger partial charge in [0, 0.05) is 50.6 Å². The van der Waals surface area contributed by atoms with Crippen LogP contribution in [0.1, 0.15) is 37.3 Å². The third kappa shape index (κ3) is 5.29. The number of nitrogens with one attached hydrogen (secondary N) is 1. The van der Waals surface area contributed by atoms with Crippen molar-refractivity contribution in [2.24, 2.45) is 0 Å². The molecule has 0 spiro atoms. The van der Waals surface area contributed by atoms with Gasteiger partial charge in [0.05, 0.1) is 10.9 Å². The van der Waals surface area contributed by atoms with Crippen molar-refractivity contribution in [3.8, 4) is 0 Å². The van der Waals surface area contributed by atoms with Crippen LogP contribution in [0.25, 0.3) is 0 Å². The van der Waals surface area contributed by atoms with Crippen molar-refractivity contribution in [2.75, 3.05) is 49.5 Å². The summed E-state index contributed by atoms with van der Waals surface area (Å²) in [6, 6.07) is 12.7. The van der Waals surface area contributed by atoms with E-state index in [-0.39, 0.29) is 16.8 Å². The molecule has 0 saturated carbocycles. The van der Waals surface area contributed by atoms with Gasteiger partial charge in [0.1, 0.15) is 0 Å². The standard InChI is InChI=1S/C26H36N4O3S/c1-20-8-7-9-25(21(20)2)29-18-16-28(17-19-29)22(3)26(31)27-23-10-12-24(13-11-23)34(32,33)30-14-5-4-6-15-30/h7-13,22H,4-6,14-19H2,1-3H3,(H,27,31). The lowest BCUT2D eigenvalue weighted by atomic mass is 10.1. The number of nitrogens with zero attached hydrogens (tertiary/aromatic N) is 3. The molecule has 0 aromatic heterocycles. The van der Waals surface area contributed by atoms with Gasteiger partial charge in [0.15, 0.2) is 0 Å². The fraction of sp³-hybridized carbons (Fsp3) is 0.500. The summed E-state index contributed by atoms with van der Waals surface area (Å²) in [5.74, 6) is -0.0770. The number of piperidine rings is 1. The molecule has 0 radical (unpaired) electrons. The second kappa shape index (κ2) is 10.5. The minimum Gasteiger partial charge on any atom is -0.369 e. The molecule has 184 valence electrons. The number of hydrogen-bond donors (Lipinski definition) is 1. The third-order valence-electron chi connectivity index (χ3n) is 7.23. The molecule has 1 atom stereocenters. The van der Waals surface area contributed by atoms with Crippen molar-refractivity contribution in [3.63, 3.8) is 0 Å². The Hall–Kier alpha value is -2.42. The summed E-state index contributed by atoms with van der Waals surface area (Å²) in [5.41, 5.74) is 4.50. The van der Waals surface area contributed by atoms with Crippen molar-refractivity contribution >= 4 is 27.3 Å². The van der Waals surface area contributed by atoms with Crippen LogP contribution >= 0.6 is 0 Å². The number of carbonyl (C=O) groups is 1. The summed E-state index contributed by atoms with van der Waals surface area (Å²) < 4.78 is 27.2. The molecule has 0 aliphatic carbocycles. The Bertz CT molecular complexity index is 1100. The molecule has 8 heteroatoms. The normalized spacial score (nSPS) is 19.1. The van der Waals surface area contributed by atoms with Crippen LogP contribution in [0.2, 0.25) is 0 Å². The lowest BCUT2D eigenvalue weighted by molar-refractivity contribution is -0.120. The molecule has 2 fully saturated rings. The van der Waals surface area contributed by atoms with E-state index in [1.807, 2.05) is 6.92 Å². The minimum atomic E-state index is -3.47. The Morgan fingerprint density at radius 3 is 2.18 bits per heavy atom. The predicted octanol–water partition coefficient (Wildman–Crippen LogP) is 3.63. The number of anilines is 2. The van der Waals surface area contributed by atoms with Gasteiger partial charge in [-0.1, -0.05) is 18.6 Å². The van der Waals surface area contributed by atoms with E-state index < -0.39 is 10.0 Å². The maximum Gasteiger partial charge on any atom is 0.243 e. The fourth-order valence-electron chi connectivity index (χ4n) is 4.81. The zero-order valence-corrected chi connectivity index (χ0v) is 21.3. The van der Waals surface area contributed by atoms with Gasteiger partial charge < -0.3 is 10.2 Å². The Labute approximate surface area is 203 Å². The predicted molar refractivity (Wildman–Crippen MR) is 137 cm³/mol. The van der Waals surface area contributed by atoms with Gasteiger partial charge in [0.2, 0.25) is 15.9 Å². The van der Waals surface area contributed by atoms with Crippen molar-refractivity contribution < 1.29 is 13.2 Å². The molecule has 1 unspecified atom stereocenters. The first kappa shape index (κ1) is 24.7. The Kier molecular flexibility index (Phi) is 7.60. The number of rotatable bonds is 6. The van der Waals surface area contributed by atoms with Gasteiger partial charge in [-0.3, -0.25) is 9.69 Å². The van der Waals surface area contributed by atoms with Crippen LogP contribution < -0.4 is 10.2 Å². The lowest BCUT2D eigenvalue weighted by Crippen LogP contribution is -2.53. The third-order valence-corrected chi connectivity index (χ3v) is 9.15. The molecule has 34 heavy (non-hydrogen) atoms. The van der Waals surface area contributed by atoms with E-state index >= 15 is 0 Å². The second-order valence-corrected chi connectivity index (χ2v) is 11.3. The van der Waals surface area contributed by atoms with Gasteiger partial charge >= 0.3 is 0 Å². The molecule has 2 heterocycles. The van der Waals surface area contributed by atoms with Gasteiger partial charge in [-0.15, -0.1) is 0 Å². The highest BCUT2D eigenvalue weighted by Crippen LogP contribution is 2.25. The quantitative estimate of drug-likeness (QED) is 0.678. The van der Waals surface area contributed by atoms with Gasteiger partial charge in [-0.25, -0.2) is 8.42 Å². The highest BCUT2D eigenvalue weighted by molar-refractivity contribution is 7.89. The smallest absolute Gasteiger partial charge is 0.243 e. The summed E-state index contributed by atoms with van der Waals surface area (Å²) in [6.07, 6.45) is 2.89. The first-order valence-electron chi connectivity index (χ1n) is 12.2. The topological polar surface area (TPSA) is 73.0 Å². The first-order valence-corrected chi connectivity index (χ1v) is 13.7. The number of aryl methyl sites for hydroxylation is 1. The summed E-state index contributed by atoms with van der Waals surface area (Å²) in [4.78, 5) is 17.8. The van der Waals surface area contributed by atoms with Crippen LogP contribution in [0.3, 0.4) is 0 Å². The van der Waals surface area contributed by atoms with Crippen LogP contribution in [-0.2, 0) is 14.8 Å². The van der Waals surface area contributed by atoms with E-state index in [9.17, 15) is 13.2 Å². The number of hydrogen-bond acceptors (Lipinski definition) is 5. The van der Waals surface area contributed by atoms with Crippen molar-refractivity contribution in [3.05, 3.63) is 53.6 Å². The largest absolute Gasteiger partial charge is 0.369 e. The molecule has 2 aromatic carbocycles. The Morgan fingerprint density at radius 1 is 0.882 bits per heavy atom. The molecule has 0 bridgehead atoms. The summed E-state index contributed by atoms with van der Waals surface area (Å²) in [6.45, 7) is 10.8. The Morgan fingerprint density at radius 2 is 1.53 bits per heavy atom. The lowest BCUT2D eigenvalue weighted by Gasteiger charge is -2.39. The zero-order valence-electron chi connectivity index (χ0n) is 20.5. The van der Waals surface area contributed by atoms with Crippen molar-refractivity contribution in [1.29, 1.82) is 0 Å². The van der Waals surface area contributed by atoms with Gasteiger partial charge in [-0.05, 0) is 75.1 Å². The van der Waals surface area contributed by atoms with E-state index in [0.717, 1.165) is 45.4 Å². The number of benzene rings is 2. The molecule has 4 rings (SSSR count). The number of carbonyl (C=O) groups excluding carboxylic acids is 1. The zero-order chi connectivity index (χ0) is 24.3. The van der Waals surface area contributed by atoms with Gasteiger partial charge in [-0.2, -0.15) is 4.31 Å². The van der Waals surface area contributed by atoms with Crippen LogP contribution in [-0.4, -0.2) is 68.8 Å². The fourth-order valence-corrected chi connectivity index (χ4v) is 6.32. The summed E-state index contributed by atoms with van der Waals surface area (Å²) >= 11 is 0. The summed E-state index contributed by atoms with van der Waals surface area (Å²) in [7, 11) is -3.47. The van der Waals surface area contributed by atoms with Crippen molar-refractivity contribution in [2.45, 2.75) is 51.0 Å². The number of amides is 1. The molecular weight excluding hydrogens is 448 g/mol. The average molecular weight is 485 g/mol. The van der Waals surface area contributed by atoms with Crippen molar-refractivity contribution in [1.82, 2.24) is 9.21 Å². The first-order chi connectivity index (χ1) is 16.3. The van der Waals surface area contributed by atoms with E-state index in [2.05, 4.69) is 47.2 Å². The molecule has 7 nitrogen and oxygen atoms in total. The van der Waals surface area contributed by atoms with E-state index in [4.69, 9.17) is 0 Å². The number of sulfonamides is 1. The molecule has 1 N–H and O–H groups in total. The SMILES string of the molecule is Cc1cccc(N2CCN(C(C)C(=O)Nc3ccc(S(=O)(=O)N4CCCCC4)cc3)CC2)c1C. The van der Waals surface area contributed by atoms with Gasteiger partial charge in [0.25, 0.3) is 0 Å². The van der Waals surface area contributed by atoms with Crippen LogP contribution in [0.4, 0.5) is 11.4 Å². The molecule has 2 saturated heterocycles. The van der Waals surface area contributed by atoms with Crippen LogP contribution in [0.5, 0.6) is 0 Å². The molecule has 2 aliphatic rings. The highest BCUT2D eigenvalue weighted by Gasteiger charge is 2.28. The van der Waals surface area contributed by atoms with E-state index in [1.54, 1.807) is 28.6 Å².